The van der Waals surface area contributed by atoms with Gasteiger partial charge in [-0.15, -0.1) is 11.3 Å². The Morgan fingerprint density at radius 1 is 1.17 bits per heavy atom. The number of halogens is 2. The number of hydrogen-bond donors (Lipinski definition) is 0. The van der Waals surface area contributed by atoms with E-state index in [0.29, 0.717) is 24.3 Å². The van der Waals surface area contributed by atoms with E-state index in [1.54, 1.807) is 16.5 Å². The highest BCUT2D eigenvalue weighted by molar-refractivity contribution is 7.07. The van der Waals surface area contributed by atoms with E-state index in [2.05, 4.69) is 9.97 Å². The number of rotatable bonds is 5. The van der Waals surface area contributed by atoms with E-state index in [0.717, 1.165) is 19.8 Å². The molecule has 1 amide bonds. The Kier molecular flexibility index (Phi) is 5.89. The summed E-state index contributed by atoms with van der Waals surface area (Å²) in [5.74, 6) is -1.69. The summed E-state index contributed by atoms with van der Waals surface area (Å²) < 4.78 is 44.8. The topological polar surface area (TPSA) is 98.0 Å². The summed E-state index contributed by atoms with van der Waals surface area (Å²) in [6.07, 6.45) is -2.74. The molecule has 2 bridgehead atoms. The number of ether oxygens (including phenoxy) is 2. The third-order valence-corrected chi connectivity index (χ3v) is 6.80. The maximum Gasteiger partial charge on any atom is 0.460 e. The molecule has 0 spiro atoms. The van der Waals surface area contributed by atoms with Crippen LogP contribution in [0.25, 0.3) is 22.4 Å². The average Bonchev–Trinajstić information content (AvgIpc) is 3.51. The summed E-state index contributed by atoms with van der Waals surface area (Å²) >= 11 is 1.38. The quantitative estimate of drug-likeness (QED) is 0.458. The van der Waals surface area contributed by atoms with Crippen LogP contribution in [0.3, 0.4) is 0 Å². The molecule has 5 rings (SSSR count). The van der Waals surface area contributed by atoms with Crippen molar-refractivity contribution in [3.05, 3.63) is 23.0 Å². The monoisotopic (exact) mass is 520 g/mol. The molecule has 1 aromatic carbocycles. The maximum absolute atomic E-state index is 14.1. The molecule has 2 aliphatic heterocycles. The lowest BCUT2D eigenvalue weighted by Crippen LogP contribution is -2.56. The van der Waals surface area contributed by atoms with Crippen LogP contribution in [0.15, 0.2) is 27.4 Å². The molecule has 12 heteroatoms. The van der Waals surface area contributed by atoms with Crippen LogP contribution in [0.2, 0.25) is 0 Å². The van der Waals surface area contributed by atoms with Crippen molar-refractivity contribution in [2.45, 2.75) is 64.3 Å². The Hall–Kier alpha value is -3.28. The minimum atomic E-state index is -4.01. The van der Waals surface area contributed by atoms with Crippen molar-refractivity contribution >= 4 is 40.3 Å². The highest BCUT2D eigenvalue weighted by atomic mass is 32.1. The predicted octanol–water partition coefficient (Wildman–Crippen LogP) is 5.10. The van der Waals surface area contributed by atoms with E-state index in [1.807, 2.05) is 31.1 Å². The van der Waals surface area contributed by atoms with Crippen LogP contribution in [0.5, 0.6) is 5.75 Å². The number of nitrogens with zero attached hydrogens (tertiary/aromatic N) is 4. The van der Waals surface area contributed by atoms with Gasteiger partial charge in [0.25, 0.3) is 6.01 Å². The van der Waals surface area contributed by atoms with Gasteiger partial charge >= 0.3 is 12.2 Å². The zero-order chi connectivity index (χ0) is 25.8. The van der Waals surface area contributed by atoms with Gasteiger partial charge in [0.05, 0.1) is 23.3 Å². The molecular formula is C24H26F2N4O5S. The van der Waals surface area contributed by atoms with Crippen molar-refractivity contribution in [2.75, 3.05) is 18.0 Å². The second-order valence-electron chi connectivity index (χ2n) is 10.0. The van der Waals surface area contributed by atoms with Crippen LogP contribution in [0, 0.1) is 0 Å². The Balaban J connectivity index is 1.49. The molecule has 2 aliphatic rings. The Labute approximate surface area is 210 Å². The molecule has 0 N–H and O–H groups in total. The third kappa shape index (κ3) is 4.49. The van der Waals surface area contributed by atoms with Gasteiger partial charge in [-0.25, -0.2) is 9.78 Å². The number of anilines is 1. The number of benzene rings is 1. The average molecular weight is 521 g/mol. The third-order valence-electron chi connectivity index (χ3n) is 6.21. The first-order valence-electron chi connectivity index (χ1n) is 11.6. The summed E-state index contributed by atoms with van der Waals surface area (Å²) in [6.45, 7) is 7.15. The second kappa shape index (κ2) is 8.68. The van der Waals surface area contributed by atoms with Gasteiger partial charge in [0.15, 0.2) is 16.8 Å². The molecular weight excluding hydrogens is 494 g/mol. The van der Waals surface area contributed by atoms with E-state index in [1.165, 1.54) is 17.4 Å². The largest absolute Gasteiger partial charge is 0.460 e. The molecule has 2 fully saturated rings. The Morgan fingerprint density at radius 3 is 2.44 bits per heavy atom. The number of piperazine rings is 1. The zero-order valence-corrected chi connectivity index (χ0v) is 21.1. The number of aromatic nitrogens is 2. The first-order valence-corrected chi connectivity index (χ1v) is 12.5. The highest BCUT2D eigenvalue weighted by Gasteiger charge is 2.45. The van der Waals surface area contributed by atoms with Crippen LogP contribution in [-0.4, -0.2) is 63.6 Å². The summed E-state index contributed by atoms with van der Waals surface area (Å²) in [5, 5.41) is 1.81. The fourth-order valence-corrected chi connectivity index (χ4v) is 5.17. The minimum absolute atomic E-state index is 0.0679. The second-order valence-corrected chi connectivity index (χ2v) is 10.7. The summed E-state index contributed by atoms with van der Waals surface area (Å²) in [5.41, 5.74) is 2.53. The normalized spacial score (nSPS) is 20.2. The van der Waals surface area contributed by atoms with Crippen molar-refractivity contribution in [3.63, 3.8) is 0 Å². The van der Waals surface area contributed by atoms with Gasteiger partial charge in [0.2, 0.25) is 5.78 Å². The lowest BCUT2D eigenvalue weighted by Gasteiger charge is -2.40. The van der Waals surface area contributed by atoms with Crippen molar-refractivity contribution in [3.8, 4) is 17.0 Å². The Bertz CT molecular complexity index is 1290. The van der Waals surface area contributed by atoms with Gasteiger partial charge in [0.1, 0.15) is 5.60 Å². The first-order chi connectivity index (χ1) is 16.9. The maximum atomic E-state index is 14.1. The highest BCUT2D eigenvalue weighted by Crippen LogP contribution is 2.40. The SMILES string of the molecule is CC(=O)C(F)(F)Oc1ccc(-c2cscn2)c2oc(N3CC4CCC(C3)N4C(=O)OC(C)(C)C)nc12. The van der Waals surface area contributed by atoms with E-state index < -0.39 is 17.5 Å². The van der Waals surface area contributed by atoms with Gasteiger partial charge in [-0.3, -0.25) is 9.69 Å². The molecule has 36 heavy (non-hydrogen) atoms. The molecule has 2 atom stereocenters. The molecule has 2 unspecified atom stereocenters. The fraction of sp³-hybridized carbons (Fsp3) is 0.500. The van der Waals surface area contributed by atoms with Crippen LogP contribution in [0.4, 0.5) is 19.6 Å². The molecule has 2 aromatic heterocycles. The number of thiazole rings is 1. The first kappa shape index (κ1) is 24.4. The van der Waals surface area contributed by atoms with Crippen molar-refractivity contribution in [1.29, 1.82) is 0 Å². The number of Topliss-reactive ketones (excluding diaryl/α,β-unsaturated/α-hetero) is 1. The molecule has 192 valence electrons. The molecule has 4 heterocycles. The van der Waals surface area contributed by atoms with Gasteiger partial charge < -0.3 is 18.8 Å². The van der Waals surface area contributed by atoms with E-state index in [-0.39, 0.29) is 41.0 Å². The molecule has 0 saturated carbocycles. The zero-order valence-electron chi connectivity index (χ0n) is 20.3. The van der Waals surface area contributed by atoms with Gasteiger partial charge in [-0.2, -0.15) is 13.8 Å². The summed E-state index contributed by atoms with van der Waals surface area (Å²) in [7, 11) is 0. The molecule has 9 nitrogen and oxygen atoms in total. The number of amides is 1. The summed E-state index contributed by atoms with van der Waals surface area (Å²) in [4.78, 5) is 36.7. The molecule has 2 saturated heterocycles. The summed E-state index contributed by atoms with van der Waals surface area (Å²) in [6, 6.07) is 2.94. The lowest BCUT2D eigenvalue weighted by atomic mass is 10.1. The number of oxazole rings is 1. The van der Waals surface area contributed by atoms with Gasteiger partial charge in [-0.05, 0) is 45.7 Å². The number of ketones is 1. The lowest BCUT2D eigenvalue weighted by molar-refractivity contribution is -0.187. The van der Waals surface area contributed by atoms with Crippen molar-refractivity contribution in [1.82, 2.24) is 14.9 Å². The van der Waals surface area contributed by atoms with Crippen LogP contribution in [0.1, 0.15) is 40.5 Å². The van der Waals surface area contributed by atoms with E-state index in [4.69, 9.17) is 13.9 Å². The molecule has 0 aliphatic carbocycles. The number of hydrogen-bond acceptors (Lipinski definition) is 9. The molecule has 0 radical (unpaired) electrons. The smallest absolute Gasteiger partial charge is 0.444 e. The van der Waals surface area contributed by atoms with Crippen LogP contribution < -0.4 is 9.64 Å². The van der Waals surface area contributed by atoms with E-state index in [9.17, 15) is 18.4 Å². The number of carbonyl (C=O) groups is 2. The van der Waals surface area contributed by atoms with Gasteiger partial charge in [0, 0.05) is 31.0 Å². The fourth-order valence-electron chi connectivity index (χ4n) is 4.62. The minimum Gasteiger partial charge on any atom is -0.444 e. The van der Waals surface area contributed by atoms with Crippen LogP contribution in [-0.2, 0) is 9.53 Å². The Morgan fingerprint density at radius 2 is 1.86 bits per heavy atom. The predicted molar refractivity (Wildman–Crippen MR) is 128 cm³/mol. The van der Waals surface area contributed by atoms with E-state index >= 15 is 0 Å². The van der Waals surface area contributed by atoms with Crippen molar-refractivity contribution < 1.29 is 32.3 Å². The standard InChI is InChI=1S/C24H26F2N4O5S/c1-13(31)24(25,26)34-18-8-7-16(17-11-36-12-27-17)20-19(18)28-21(33-20)29-9-14-5-6-15(10-29)30(14)22(32)35-23(2,3)4/h7-8,11-12,14-15H,5-6,9-10H2,1-4H3. The number of carbonyl (C=O) groups excluding carboxylic acids is 2. The number of alkyl halides is 2. The molecule has 3 aromatic rings. The van der Waals surface area contributed by atoms with Gasteiger partial charge in [-0.1, -0.05) is 0 Å². The number of fused-ring (bicyclic) bond motifs is 3. The van der Waals surface area contributed by atoms with Crippen LogP contribution >= 0.6 is 11.3 Å². The van der Waals surface area contributed by atoms with Crippen molar-refractivity contribution in [2.24, 2.45) is 0 Å².